The Labute approximate surface area is 87.3 Å². The third-order valence-electron chi connectivity index (χ3n) is 1.98. The molecule has 15 heavy (non-hydrogen) atoms. The Morgan fingerprint density at radius 1 is 1.20 bits per heavy atom. The summed E-state index contributed by atoms with van der Waals surface area (Å²) in [4.78, 5) is 10.4. The molecule has 0 aliphatic rings. The zero-order valence-corrected chi connectivity index (χ0v) is 8.05. The molecule has 3 nitrogen and oxygen atoms in total. The molecule has 0 saturated heterocycles. The van der Waals surface area contributed by atoms with E-state index in [9.17, 15) is 4.79 Å². The number of rotatable bonds is 4. The zero-order chi connectivity index (χ0) is 10.5. The molecular weight excluding hydrogens is 192 g/mol. The quantitative estimate of drug-likeness (QED) is 0.715. The number of benzene rings is 1. The lowest BCUT2D eigenvalue weighted by Gasteiger charge is -2.03. The summed E-state index contributed by atoms with van der Waals surface area (Å²) in [5.41, 5.74) is 0.639. The lowest BCUT2D eigenvalue weighted by molar-refractivity contribution is 0.112. The van der Waals surface area contributed by atoms with E-state index in [1.165, 1.54) is 0 Å². The molecule has 1 aromatic heterocycles. The molecule has 0 spiro atoms. The number of carbonyl (C=O) groups excluding carboxylic acids is 1. The second-order valence-corrected chi connectivity index (χ2v) is 3.05. The Hall–Kier alpha value is -2.03. The molecule has 0 N–H and O–H groups in total. The summed E-state index contributed by atoms with van der Waals surface area (Å²) in [6.45, 7) is 0.396. The fraction of sp³-hybridized carbons (Fsp3) is 0.0833. The molecule has 1 aromatic carbocycles. The molecule has 76 valence electrons. The van der Waals surface area contributed by atoms with Crippen molar-refractivity contribution in [3.63, 3.8) is 0 Å². The smallest absolute Gasteiger partial charge is 0.150 e. The van der Waals surface area contributed by atoms with Crippen LogP contribution in [0.25, 0.3) is 0 Å². The first-order valence-electron chi connectivity index (χ1n) is 4.59. The standard InChI is InChI=1S/C12H10O3/c13-8-10-3-5-11(6-4-10)15-9-12-2-1-7-14-12/h1-8H,9H2. The summed E-state index contributed by atoms with van der Waals surface area (Å²) in [5, 5.41) is 0. The first kappa shape index (κ1) is 9.52. The van der Waals surface area contributed by atoms with Gasteiger partial charge in [0.2, 0.25) is 0 Å². The minimum absolute atomic E-state index is 0.396. The van der Waals surface area contributed by atoms with E-state index in [1.54, 1.807) is 30.5 Å². The third kappa shape index (κ3) is 2.47. The topological polar surface area (TPSA) is 39.4 Å². The average molecular weight is 202 g/mol. The maximum Gasteiger partial charge on any atom is 0.150 e. The van der Waals surface area contributed by atoms with Crippen molar-refractivity contribution in [2.24, 2.45) is 0 Å². The molecule has 0 unspecified atom stereocenters. The van der Waals surface area contributed by atoms with Gasteiger partial charge in [-0.3, -0.25) is 4.79 Å². The summed E-state index contributed by atoms with van der Waals surface area (Å²) in [5.74, 6) is 1.49. The number of carbonyl (C=O) groups is 1. The van der Waals surface area contributed by atoms with Gasteiger partial charge in [-0.15, -0.1) is 0 Å². The van der Waals surface area contributed by atoms with Crippen molar-refractivity contribution in [1.82, 2.24) is 0 Å². The summed E-state index contributed by atoms with van der Waals surface area (Å²) in [7, 11) is 0. The van der Waals surface area contributed by atoms with Crippen LogP contribution >= 0.6 is 0 Å². The lowest BCUT2D eigenvalue weighted by Crippen LogP contribution is -1.93. The summed E-state index contributed by atoms with van der Waals surface area (Å²) >= 11 is 0. The molecule has 0 amide bonds. The maximum absolute atomic E-state index is 10.4. The largest absolute Gasteiger partial charge is 0.486 e. The van der Waals surface area contributed by atoms with E-state index in [0.717, 1.165) is 17.8 Å². The molecule has 1 heterocycles. The van der Waals surface area contributed by atoms with Crippen LogP contribution in [-0.4, -0.2) is 6.29 Å². The molecule has 0 fully saturated rings. The molecule has 0 aliphatic heterocycles. The van der Waals surface area contributed by atoms with Gasteiger partial charge >= 0.3 is 0 Å². The molecule has 0 radical (unpaired) electrons. The predicted molar refractivity (Wildman–Crippen MR) is 54.9 cm³/mol. The molecule has 3 heteroatoms. The number of hydrogen-bond acceptors (Lipinski definition) is 3. The Kier molecular flexibility index (Phi) is 2.83. The Bertz CT molecular complexity index is 415. The van der Waals surface area contributed by atoms with Gasteiger partial charge in [-0.25, -0.2) is 0 Å². The minimum Gasteiger partial charge on any atom is -0.486 e. The normalized spacial score (nSPS) is 9.87. The van der Waals surface area contributed by atoms with Crippen molar-refractivity contribution in [1.29, 1.82) is 0 Å². The van der Waals surface area contributed by atoms with Gasteiger partial charge < -0.3 is 9.15 Å². The highest BCUT2D eigenvalue weighted by Crippen LogP contribution is 2.13. The van der Waals surface area contributed by atoms with E-state index < -0.39 is 0 Å². The van der Waals surface area contributed by atoms with Crippen LogP contribution in [-0.2, 0) is 6.61 Å². The molecule has 0 saturated carbocycles. The highest BCUT2D eigenvalue weighted by molar-refractivity contribution is 5.74. The average Bonchev–Trinajstić information content (AvgIpc) is 2.80. The van der Waals surface area contributed by atoms with E-state index in [0.29, 0.717) is 12.2 Å². The van der Waals surface area contributed by atoms with Crippen molar-refractivity contribution < 1.29 is 13.9 Å². The number of hydrogen-bond donors (Lipinski definition) is 0. The van der Waals surface area contributed by atoms with Crippen LogP contribution in [0.5, 0.6) is 5.75 Å². The van der Waals surface area contributed by atoms with Crippen molar-refractivity contribution in [3.05, 3.63) is 54.0 Å². The first-order chi connectivity index (χ1) is 7.38. The van der Waals surface area contributed by atoms with Gasteiger partial charge in [-0.1, -0.05) is 0 Å². The van der Waals surface area contributed by atoms with Gasteiger partial charge in [-0.05, 0) is 36.4 Å². The molecule has 2 aromatic rings. The van der Waals surface area contributed by atoms with Gasteiger partial charge in [0.15, 0.2) is 0 Å². The Morgan fingerprint density at radius 3 is 2.60 bits per heavy atom. The van der Waals surface area contributed by atoms with Crippen LogP contribution in [0.3, 0.4) is 0 Å². The molecule has 2 rings (SSSR count). The van der Waals surface area contributed by atoms with Crippen LogP contribution in [0.2, 0.25) is 0 Å². The van der Waals surface area contributed by atoms with Crippen LogP contribution in [0.15, 0.2) is 47.1 Å². The van der Waals surface area contributed by atoms with Crippen molar-refractivity contribution in [3.8, 4) is 5.75 Å². The first-order valence-corrected chi connectivity index (χ1v) is 4.59. The molecular formula is C12H10O3. The van der Waals surface area contributed by atoms with Gasteiger partial charge in [0.05, 0.1) is 6.26 Å². The van der Waals surface area contributed by atoms with Crippen molar-refractivity contribution >= 4 is 6.29 Å². The van der Waals surface area contributed by atoms with Gasteiger partial charge in [0, 0.05) is 5.56 Å². The monoisotopic (exact) mass is 202 g/mol. The third-order valence-corrected chi connectivity index (χ3v) is 1.98. The van der Waals surface area contributed by atoms with Crippen LogP contribution < -0.4 is 4.74 Å². The number of ether oxygens (including phenoxy) is 1. The van der Waals surface area contributed by atoms with Crippen molar-refractivity contribution in [2.45, 2.75) is 6.61 Å². The summed E-state index contributed by atoms with van der Waals surface area (Å²) in [6.07, 6.45) is 2.41. The zero-order valence-electron chi connectivity index (χ0n) is 8.05. The fourth-order valence-electron chi connectivity index (χ4n) is 1.19. The molecule has 0 aliphatic carbocycles. The maximum atomic E-state index is 10.4. The second kappa shape index (κ2) is 4.46. The van der Waals surface area contributed by atoms with Gasteiger partial charge in [0.25, 0.3) is 0 Å². The number of aldehydes is 1. The van der Waals surface area contributed by atoms with Gasteiger partial charge in [0.1, 0.15) is 24.4 Å². The predicted octanol–water partition coefficient (Wildman–Crippen LogP) is 2.67. The van der Waals surface area contributed by atoms with E-state index >= 15 is 0 Å². The minimum atomic E-state index is 0.396. The van der Waals surface area contributed by atoms with Crippen molar-refractivity contribution in [2.75, 3.05) is 0 Å². The van der Waals surface area contributed by atoms with Crippen LogP contribution in [0.4, 0.5) is 0 Å². The Morgan fingerprint density at radius 2 is 2.00 bits per heavy atom. The fourth-order valence-corrected chi connectivity index (χ4v) is 1.19. The van der Waals surface area contributed by atoms with E-state index in [2.05, 4.69) is 0 Å². The Balaban J connectivity index is 1.96. The highest BCUT2D eigenvalue weighted by Gasteiger charge is 1.97. The summed E-state index contributed by atoms with van der Waals surface area (Å²) in [6, 6.07) is 10.6. The van der Waals surface area contributed by atoms with Gasteiger partial charge in [-0.2, -0.15) is 0 Å². The lowest BCUT2D eigenvalue weighted by atomic mass is 10.2. The van der Waals surface area contributed by atoms with Crippen LogP contribution in [0.1, 0.15) is 16.1 Å². The summed E-state index contributed by atoms with van der Waals surface area (Å²) < 4.78 is 10.6. The second-order valence-electron chi connectivity index (χ2n) is 3.05. The van der Waals surface area contributed by atoms with E-state index in [-0.39, 0.29) is 0 Å². The number of furan rings is 1. The van der Waals surface area contributed by atoms with E-state index in [1.807, 2.05) is 12.1 Å². The SMILES string of the molecule is O=Cc1ccc(OCc2ccco2)cc1. The molecule has 0 bridgehead atoms. The van der Waals surface area contributed by atoms with Crippen LogP contribution in [0, 0.1) is 0 Å². The molecule has 0 atom stereocenters. The van der Waals surface area contributed by atoms with E-state index in [4.69, 9.17) is 9.15 Å². The highest BCUT2D eigenvalue weighted by atomic mass is 16.5.